The van der Waals surface area contributed by atoms with Crippen LogP contribution >= 0.6 is 0 Å². The topological polar surface area (TPSA) is 318 Å². The molecule has 0 fully saturated rings. The lowest BCUT2D eigenvalue weighted by atomic mass is 10.1. The highest BCUT2D eigenvalue weighted by Crippen LogP contribution is 2.43. The Morgan fingerprint density at radius 3 is 1.80 bits per heavy atom. The first kappa shape index (κ1) is 41.1. The van der Waals surface area contributed by atoms with Crippen molar-refractivity contribution in [2.45, 2.75) is 40.4 Å². The van der Waals surface area contributed by atoms with Crippen molar-refractivity contribution >= 4 is 95.8 Å². The van der Waals surface area contributed by atoms with Gasteiger partial charge in [0.05, 0.1) is 22.0 Å². The Morgan fingerprint density at radius 1 is 0.542 bits per heavy atom. The van der Waals surface area contributed by atoms with Crippen LogP contribution in [0, 0.1) is 20.8 Å². The fourth-order valence-electron chi connectivity index (χ4n) is 6.26. The molecule has 304 valence electrons. The minimum absolute atomic E-state index is 0.0469. The second kappa shape index (κ2) is 14.3. The molecule has 0 atom stereocenters. The van der Waals surface area contributed by atoms with Gasteiger partial charge in [-0.2, -0.15) is 43.6 Å². The molecule has 59 heavy (non-hydrogen) atoms. The lowest BCUT2D eigenvalue weighted by Gasteiger charge is -2.10. The molecule has 0 saturated carbocycles. The number of azo groups is 2. The van der Waals surface area contributed by atoms with E-state index in [9.17, 15) is 57.0 Å². The molecule has 0 unspecified atom stereocenters. The number of fused-ring (bicyclic) bond motifs is 4. The van der Waals surface area contributed by atoms with Gasteiger partial charge in [-0.05, 0) is 110 Å². The molecule has 5 N–H and O–H groups in total. The van der Waals surface area contributed by atoms with E-state index in [0.29, 0.717) is 28.4 Å². The molecular weight excluding hydrogens is 855 g/mol. The number of benzene rings is 6. The van der Waals surface area contributed by atoms with Gasteiger partial charge in [-0.1, -0.05) is 12.1 Å². The van der Waals surface area contributed by atoms with E-state index in [2.05, 4.69) is 30.7 Å². The van der Waals surface area contributed by atoms with Gasteiger partial charge in [0.1, 0.15) is 37.1 Å². The van der Waals surface area contributed by atoms with Crippen LogP contribution in [-0.4, -0.2) is 72.0 Å². The van der Waals surface area contributed by atoms with E-state index in [0.717, 1.165) is 16.9 Å². The standard InChI is InChI=1S/C35H27N7O13S4/c1-17-4-8-27(30(10-17)58(50,51)52)37-38-32-18(2)11-21(12-19(32)3)36-39-34-31(59(53,54)55)14-20-13-22(5-6-24(20)35(34)43)42-40-28-9-7-25-26(33(28)41-42)15-23(56(44,45)46)16-29(25)57(47,48)49/h4-16,43H,1-3H3,(H,44,45,46)(H,47,48,49)(H,50,51,52)(H,53,54,55). The van der Waals surface area contributed by atoms with Crippen molar-refractivity contribution in [1.29, 1.82) is 0 Å². The van der Waals surface area contributed by atoms with Crippen LogP contribution in [-0.2, 0) is 40.5 Å². The summed E-state index contributed by atoms with van der Waals surface area (Å²) in [5.74, 6) is -0.683. The van der Waals surface area contributed by atoms with Gasteiger partial charge in [0.2, 0.25) is 0 Å². The van der Waals surface area contributed by atoms with Crippen molar-refractivity contribution < 1.29 is 57.0 Å². The normalized spacial score (nSPS) is 13.1. The zero-order valence-corrected chi connectivity index (χ0v) is 33.5. The van der Waals surface area contributed by atoms with Crippen molar-refractivity contribution in [2.24, 2.45) is 20.5 Å². The van der Waals surface area contributed by atoms with E-state index in [1.54, 1.807) is 26.8 Å². The number of hydrogen-bond donors (Lipinski definition) is 5. The number of hydrogen-bond acceptors (Lipinski definition) is 15. The second-order valence-corrected chi connectivity index (χ2v) is 18.7. The Labute approximate surface area is 334 Å². The van der Waals surface area contributed by atoms with Gasteiger partial charge in [-0.25, -0.2) is 0 Å². The minimum atomic E-state index is -5.06. The minimum Gasteiger partial charge on any atom is -0.505 e. The molecule has 24 heteroatoms. The summed E-state index contributed by atoms with van der Waals surface area (Å²) >= 11 is 0. The van der Waals surface area contributed by atoms with Gasteiger partial charge in [0.15, 0.2) is 5.75 Å². The summed E-state index contributed by atoms with van der Waals surface area (Å²) in [4.78, 5) is -1.87. The van der Waals surface area contributed by atoms with E-state index < -0.39 is 71.5 Å². The van der Waals surface area contributed by atoms with Crippen molar-refractivity contribution in [3.05, 3.63) is 95.6 Å². The molecule has 1 heterocycles. The molecule has 7 aromatic rings. The van der Waals surface area contributed by atoms with Crippen LogP contribution in [0.4, 0.5) is 22.7 Å². The maximum Gasteiger partial charge on any atom is 0.296 e. The van der Waals surface area contributed by atoms with E-state index in [4.69, 9.17) is 0 Å². The number of aromatic nitrogens is 3. The maximum atomic E-state index is 12.6. The molecule has 20 nitrogen and oxygen atoms in total. The maximum absolute atomic E-state index is 12.6. The fourth-order valence-corrected chi connectivity index (χ4v) is 8.96. The summed E-state index contributed by atoms with van der Waals surface area (Å²) in [6.07, 6.45) is 0. The first-order chi connectivity index (χ1) is 27.4. The molecule has 6 aromatic carbocycles. The van der Waals surface area contributed by atoms with E-state index >= 15 is 0 Å². The molecule has 0 radical (unpaired) electrons. The molecule has 0 bridgehead atoms. The Kier molecular flexibility index (Phi) is 9.96. The molecule has 0 amide bonds. The summed E-state index contributed by atoms with van der Waals surface area (Å²) in [6.45, 7) is 4.92. The SMILES string of the molecule is Cc1ccc(N=Nc2c(C)cc(N=Nc3c(S(=O)(=O)O)cc4cc(-n5nc6ccc7c(S(=O)(=O)O)cc(S(=O)(=O)O)cc7c6n5)ccc4c3O)cc2C)c(S(=O)(=O)O)c1. The van der Waals surface area contributed by atoms with Gasteiger partial charge >= 0.3 is 0 Å². The largest absolute Gasteiger partial charge is 0.505 e. The lowest BCUT2D eigenvalue weighted by Crippen LogP contribution is -2.04. The summed E-state index contributed by atoms with van der Waals surface area (Å²) in [5, 5.41) is 36.1. The van der Waals surface area contributed by atoms with Crippen LogP contribution in [0.1, 0.15) is 16.7 Å². The highest BCUT2D eigenvalue weighted by Gasteiger charge is 2.25. The van der Waals surface area contributed by atoms with Crippen LogP contribution in [0.25, 0.3) is 38.3 Å². The molecule has 0 spiro atoms. The van der Waals surface area contributed by atoms with E-state index in [1.165, 1.54) is 54.6 Å². The predicted octanol–water partition coefficient (Wildman–Crippen LogP) is 7.18. The number of nitrogens with zero attached hydrogens (tertiary/aromatic N) is 7. The Bertz CT molecular complexity index is 3470. The smallest absolute Gasteiger partial charge is 0.296 e. The quantitative estimate of drug-likeness (QED) is 0.0708. The molecule has 0 saturated heterocycles. The first-order valence-electron chi connectivity index (χ1n) is 16.5. The van der Waals surface area contributed by atoms with Gasteiger partial charge in [0, 0.05) is 16.2 Å². The summed E-state index contributed by atoms with van der Waals surface area (Å²) in [5.41, 5.74) is 1.54. The molecule has 0 aliphatic carbocycles. The highest BCUT2D eigenvalue weighted by atomic mass is 32.2. The number of rotatable bonds is 9. The van der Waals surface area contributed by atoms with Crippen molar-refractivity contribution in [3.63, 3.8) is 0 Å². The van der Waals surface area contributed by atoms with Crippen LogP contribution < -0.4 is 0 Å². The molecule has 7 rings (SSSR count). The predicted molar refractivity (Wildman–Crippen MR) is 210 cm³/mol. The number of phenols is 1. The summed E-state index contributed by atoms with van der Waals surface area (Å²) in [7, 11) is -19.6. The molecular formula is C35H27N7O13S4. The zero-order valence-electron chi connectivity index (χ0n) is 30.3. The third kappa shape index (κ3) is 8.02. The number of aryl methyl sites for hydroxylation is 3. The average molecular weight is 882 g/mol. The van der Waals surface area contributed by atoms with Gasteiger partial charge in [0.25, 0.3) is 40.5 Å². The Balaban J connectivity index is 1.28. The molecule has 1 aromatic heterocycles. The highest BCUT2D eigenvalue weighted by molar-refractivity contribution is 7.87. The molecule has 0 aliphatic heterocycles. The molecule has 0 aliphatic rings. The van der Waals surface area contributed by atoms with Gasteiger partial charge < -0.3 is 5.11 Å². The number of phenolic OH excluding ortho intramolecular Hbond substituents is 1. The Hall–Kier alpha value is -6.12. The number of aromatic hydroxyl groups is 1. The van der Waals surface area contributed by atoms with E-state index in [1.807, 2.05) is 0 Å². The van der Waals surface area contributed by atoms with Crippen molar-refractivity contribution in [1.82, 2.24) is 15.0 Å². The monoisotopic (exact) mass is 881 g/mol. The van der Waals surface area contributed by atoms with Crippen molar-refractivity contribution in [2.75, 3.05) is 0 Å². The van der Waals surface area contributed by atoms with Gasteiger partial charge in [-0.15, -0.1) is 25.5 Å². The fraction of sp³-hybridized carbons (Fsp3) is 0.0857. The summed E-state index contributed by atoms with van der Waals surface area (Å²) < 4.78 is 136. The van der Waals surface area contributed by atoms with Crippen LogP contribution in [0.15, 0.2) is 119 Å². The van der Waals surface area contributed by atoms with Crippen LogP contribution in [0.2, 0.25) is 0 Å². The Morgan fingerprint density at radius 2 is 1.17 bits per heavy atom. The first-order valence-corrected chi connectivity index (χ1v) is 22.3. The van der Waals surface area contributed by atoms with Crippen LogP contribution in [0.3, 0.4) is 0 Å². The average Bonchev–Trinajstić information content (AvgIpc) is 3.57. The lowest BCUT2D eigenvalue weighted by molar-refractivity contribution is 0.472. The van der Waals surface area contributed by atoms with E-state index in [-0.39, 0.29) is 49.6 Å². The third-order valence-corrected chi connectivity index (χ3v) is 12.4. The van der Waals surface area contributed by atoms with Crippen LogP contribution in [0.5, 0.6) is 5.75 Å². The van der Waals surface area contributed by atoms with Crippen molar-refractivity contribution in [3.8, 4) is 11.4 Å². The second-order valence-electron chi connectivity index (χ2n) is 13.1. The van der Waals surface area contributed by atoms with Gasteiger partial charge in [-0.3, -0.25) is 18.2 Å². The third-order valence-electron chi connectivity index (χ3n) is 8.93. The summed E-state index contributed by atoms with van der Waals surface area (Å²) in [6, 6.07) is 16.5. The zero-order chi connectivity index (χ0) is 43.0.